The Morgan fingerprint density at radius 3 is 2.50 bits per heavy atom. The summed E-state index contributed by atoms with van der Waals surface area (Å²) in [5, 5.41) is 6.36. The molecule has 0 aliphatic carbocycles. The maximum absolute atomic E-state index is 5.71. The molecule has 0 amide bonds. The Bertz CT molecular complexity index is 630. The van der Waals surface area contributed by atoms with Crippen LogP contribution in [0, 0.1) is 13.8 Å². The lowest BCUT2D eigenvalue weighted by atomic mass is 10.1. The summed E-state index contributed by atoms with van der Waals surface area (Å²) in [6.45, 7) is 7.22. The van der Waals surface area contributed by atoms with Gasteiger partial charge in [0, 0.05) is 23.5 Å². The molecule has 2 aromatic rings. The number of nitrogens with zero attached hydrogens (tertiary/aromatic N) is 1. The second-order valence-corrected chi connectivity index (χ2v) is 8.04. The summed E-state index contributed by atoms with van der Waals surface area (Å²) in [6, 6.07) is 10.7. The highest BCUT2D eigenvalue weighted by Crippen LogP contribution is 2.17. The Morgan fingerprint density at radius 1 is 1.21 bits per heavy atom. The van der Waals surface area contributed by atoms with Crippen LogP contribution in [0.5, 0.6) is 0 Å². The van der Waals surface area contributed by atoms with Crippen molar-refractivity contribution in [2.45, 2.75) is 26.8 Å². The number of hydrogen-bond acceptors (Lipinski definition) is 2. The van der Waals surface area contributed by atoms with E-state index in [4.69, 9.17) is 12.2 Å². The van der Waals surface area contributed by atoms with Gasteiger partial charge in [-0.05, 0) is 60.8 Å². The molecule has 0 atom stereocenters. The quantitative estimate of drug-likeness (QED) is 0.739. The van der Waals surface area contributed by atoms with Crippen LogP contribution >= 0.6 is 23.6 Å². The van der Waals surface area contributed by atoms with Crippen molar-refractivity contribution in [3.8, 4) is 0 Å². The minimum atomic E-state index is 0.808. The first-order valence-corrected chi connectivity index (χ1v) is 9.68. The van der Waals surface area contributed by atoms with Gasteiger partial charge in [-0.2, -0.15) is 0 Å². The normalized spacial score (nSPS) is 10.9. The maximum atomic E-state index is 5.71. The van der Waals surface area contributed by atoms with E-state index in [9.17, 15) is 0 Å². The molecule has 0 radical (unpaired) electrons. The van der Waals surface area contributed by atoms with Crippen molar-refractivity contribution in [1.29, 1.82) is 0 Å². The molecule has 2 rings (SSSR count). The minimum absolute atomic E-state index is 0.808. The Morgan fingerprint density at radius 2 is 1.92 bits per heavy atom. The van der Waals surface area contributed by atoms with Crippen LogP contribution in [-0.2, 0) is 6.54 Å². The molecule has 1 aromatic heterocycles. The standard InChI is InChI=1S/C19H27N3S2/c1-15-11-16(2)13-17(12-15)20-19(23)22(9-6-8-21(3)4)14-18-7-5-10-24-18/h5,7,10-13H,6,8-9,14H2,1-4H3,(H,20,23)/p+1. The van der Waals surface area contributed by atoms with E-state index in [1.54, 1.807) is 11.3 Å². The van der Waals surface area contributed by atoms with Crippen LogP contribution in [0.25, 0.3) is 0 Å². The Hall–Kier alpha value is -1.43. The topological polar surface area (TPSA) is 19.7 Å². The summed E-state index contributed by atoms with van der Waals surface area (Å²) in [6.07, 6.45) is 1.13. The lowest BCUT2D eigenvalue weighted by molar-refractivity contribution is -0.858. The highest BCUT2D eigenvalue weighted by atomic mass is 32.1. The Kier molecular flexibility index (Phi) is 7.21. The summed E-state index contributed by atoms with van der Waals surface area (Å²) in [7, 11) is 4.38. The highest BCUT2D eigenvalue weighted by Gasteiger charge is 2.12. The molecular formula is C19H28N3S2+. The molecule has 0 unspecified atom stereocenters. The predicted molar refractivity (Wildman–Crippen MR) is 109 cm³/mol. The Labute approximate surface area is 155 Å². The zero-order chi connectivity index (χ0) is 17.5. The van der Waals surface area contributed by atoms with E-state index in [0.717, 1.165) is 36.9 Å². The number of quaternary nitrogens is 1. The van der Waals surface area contributed by atoms with Crippen molar-refractivity contribution in [1.82, 2.24) is 4.90 Å². The highest BCUT2D eigenvalue weighted by molar-refractivity contribution is 7.80. The number of nitrogens with one attached hydrogen (secondary N) is 2. The van der Waals surface area contributed by atoms with Crippen molar-refractivity contribution >= 4 is 34.4 Å². The second kappa shape index (κ2) is 9.16. The summed E-state index contributed by atoms with van der Waals surface area (Å²) >= 11 is 7.49. The van der Waals surface area contributed by atoms with E-state index in [1.165, 1.54) is 20.9 Å². The molecule has 0 bridgehead atoms. The van der Waals surface area contributed by atoms with Gasteiger partial charge in [0.25, 0.3) is 0 Å². The molecule has 2 N–H and O–H groups in total. The SMILES string of the molecule is Cc1cc(C)cc(NC(=S)N(CCC[NH+](C)C)Cc2cccs2)c1. The van der Waals surface area contributed by atoms with Gasteiger partial charge in [0.2, 0.25) is 0 Å². The molecule has 0 aliphatic heterocycles. The molecular weight excluding hydrogens is 334 g/mol. The molecule has 130 valence electrons. The van der Waals surface area contributed by atoms with Crippen LogP contribution in [0.2, 0.25) is 0 Å². The number of benzene rings is 1. The predicted octanol–water partition coefficient (Wildman–Crippen LogP) is 3.10. The minimum Gasteiger partial charge on any atom is -0.344 e. The summed E-state index contributed by atoms with van der Waals surface area (Å²) in [5.41, 5.74) is 3.58. The largest absolute Gasteiger partial charge is 0.344 e. The van der Waals surface area contributed by atoms with Crippen molar-refractivity contribution in [2.24, 2.45) is 0 Å². The monoisotopic (exact) mass is 362 g/mol. The zero-order valence-electron chi connectivity index (χ0n) is 15.1. The number of rotatable bonds is 7. The smallest absolute Gasteiger partial charge is 0.173 e. The lowest BCUT2D eigenvalue weighted by Gasteiger charge is -2.26. The van der Waals surface area contributed by atoms with E-state index < -0.39 is 0 Å². The van der Waals surface area contributed by atoms with Crippen molar-refractivity contribution in [2.75, 3.05) is 32.5 Å². The third-order valence-corrected chi connectivity index (χ3v) is 5.01. The number of hydrogen-bond donors (Lipinski definition) is 2. The number of anilines is 1. The first kappa shape index (κ1) is 18.9. The van der Waals surface area contributed by atoms with Crippen LogP contribution in [0.1, 0.15) is 22.4 Å². The van der Waals surface area contributed by atoms with Crippen LogP contribution in [-0.4, -0.2) is 37.2 Å². The molecule has 5 heteroatoms. The average molecular weight is 363 g/mol. The number of thiophene rings is 1. The average Bonchev–Trinajstić information content (AvgIpc) is 2.97. The third-order valence-electron chi connectivity index (χ3n) is 3.79. The molecule has 24 heavy (non-hydrogen) atoms. The van der Waals surface area contributed by atoms with E-state index in [2.05, 4.69) is 73.9 Å². The molecule has 3 nitrogen and oxygen atoms in total. The molecule has 1 aromatic carbocycles. The van der Waals surface area contributed by atoms with Gasteiger partial charge in [-0.3, -0.25) is 0 Å². The van der Waals surface area contributed by atoms with E-state index in [-0.39, 0.29) is 0 Å². The van der Waals surface area contributed by atoms with Gasteiger partial charge in [0.05, 0.1) is 27.2 Å². The molecule has 0 saturated carbocycles. The van der Waals surface area contributed by atoms with E-state index in [0.29, 0.717) is 0 Å². The molecule has 0 spiro atoms. The Balaban J connectivity index is 2.04. The number of thiocarbonyl (C=S) groups is 1. The fraction of sp³-hybridized carbons (Fsp3) is 0.421. The first-order valence-electron chi connectivity index (χ1n) is 8.39. The fourth-order valence-corrected chi connectivity index (χ4v) is 3.71. The van der Waals surface area contributed by atoms with Crippen LogP contribution in [0.3, 0.4) is 0 Å². The van der Waals surface area contributed by atoms with Crippen LogP contribution < -0.4 is 10.2 Å². The third kappa shape index (κ3) is 6.23. The van der Waals surface area contributed by atoms with Gasteiger partial charge in [0.1, 0.15) is 0 Å². The lowest BCUT2D eigenvalue weighted by Crippen LogP contribution is -3.05. The van der Waals surface area contributed by atoms with Crippen LogP contribution in [0.4, 0.5) is 5.69 Å². The van der Waals surface area contributed by atoms with Gasteiger partial charge >= 0.3 is 0 Å². The molecule has 1 heterocycles. The van der Waals surface area contributed by atoms with Gasteiger partial charge < -0.3 is 15.1 Å². The van der Waals surface area contributed by atoms with Gasteiger partial charge in [-0.1, -0.05) is 12.1 Å². The molecule has 0 aliphatic rings. The zero-order valence-corrected chi connectivity index (χ0v) is 16.7. The van der Waals surface area contributed by atoms with Gasteiger partial charge in [-0.25, -0.2) is 0 Å². The fourth-order valence-electron chi connectivity index (χ4n) is 2.72. The summed E-state index contributed by atoms with van der Waals surface area (Å²) in [4.78, 5) is 5.10. The second-order valence-electron chi connectivity index (χ2n) is 6.62. The van der Waals surface area contributed by atoms with Crippen molar-refractivity contribution < 1.29 is 4.90 Å². The first-order chi connectivity index (χ1) is 11.4. The van der Waals surface area contributed by atoms with Gasteiger partial charge in [0.15, 0.2) is 5.11 Å². The summed E-state index contributed by atoms with van der Waals surface area (Å²) in [5.74, 6) is 0. The molecule has 0 fully saturated rings. The van der Waals surface area contributed by atoms with Crippen molar-refractivity contribution in [3.05, 3.63) is 51.7 Å². The van der Waals surface area contributed by atoms with Gasteiger partial charge in [-0.15, -0.1) is 11.3 Å². The van der Waals surface area contributed by atoms with Crippen molar-refractivity contribution in [3.63, 3.8) is 0 Å². The van der Waals surface area contributed by atoms with E-state index in [1.807, 2.05) is 0 Å². The molecule has 0 saturated heterocycles. The number of aryl methyl sites for hydroxylation is 2. The summed E-state index contributed by atoms with van der Waals surface area (Å²) < 4.78 is 0. The van der Waals surface area contributed by atoms with Crippen LogP contribution in [0.15, 0.2) is 35.7 Å². The van der Waals surface area contributed by atoms with E-state index >= 15 is 0 Å². The maximum Gasteiger partial charge on any atom is 0.173 e.